The Morgan fingerprint density at radius 2 is 1.93 bits per heavy atom. The second-order valence-corrected chi connectivity index (χ2v) is 8.39. The minimum absolute atomic E-state index is 0.0253. The topological polar surface area (TPSA) is 58.4 Å². The first-order valence-electron chi connectivity index (χ1n) is 10.3. The normalized spacial score (nSPS) is 27.8. The smallest absolute Gasteiger partial charge is 0.309 e. The zero-order valence-electron chi connectivity index (χ0n) is 16.2. The van der Waals surface area contributed by atoms with E-state index in [-0.39, 0.29) is 30.1 Å². The van der Waals surface area contributed by atoms with Gasteiger partial charge in [0.1, 0.15) is 6.04 Å². The molecule has 146 valence electrons. The Kier molecular flexibility index (Phi) is 4.22. The molecule has 3 aliphatic rings. The predicted octanol–water partition coefficient (Wildman–Crippen LogP) is 3.59. The number of nitrogens with zero attached hydrogens (tertiary/aromatic N) is 4. The third-order valence-electron chi connectivity index (χ3n) is 6.75. The molecule has 0 N–H and O–H groups in total. The van der Waals surface area contributed by atoms with Crippen LogP contribution in [-0.4, -0.2) is 43.6 Å². The fourth-order valence-electron chi connectivity index (χ4n) is 5.29. The van der Waals surface area contributed by atoms with Crippen LogP contribution >= 0.6 is 0 Å². The molecule has 0 spiro atoms. The summed E-state index contributed by atoms with van der Waals surface area (Å²) in [6, 6.07) is 9.75. The molecule has 3 heterocycles. The first-order valence-corrected chi connectivity index (χ1v) is 10.3. The second kappa shape index (κ2) is 6.76. The Morgan fingerprint density at radius 3 is 2.75 bits per heavy atom. The van der Waals surface area contributed by atoms with Crippen molar-refractivity contribution in [3.05, 3.63) is 53.9 Å². The van der Waals surface area contributed by atoms with E-state index in [9.17, 15) is 9.59 Å². The first-order chi connectivity index (χ1) is 13.6. The van der Waals surface area contributed by atoms with Gasteiger partial charge in [0.2, 0.25) is 0 Å². The molecule has 2 aliphatic heterocycles. The molecule has 3 amide bonds. The fraction of sp³-hybridized carbons (Fsp3) is 0.500. The highest BCUT2D eigenvalue weighted by Gasteiger charge is 2.56. The molecule has 2 saturated heterocycles. The molecule has 1 saturated carbocycles. The number of rotatable bonds is 4. The summed E-state index contributed by atoms with van der Waals surface area (Å²) in [5, 5.41) is 4.45. The van der Waals surface area contributed by atoms with E-state index in [0.717, 1.165) is 31.2 Å². The third kappa shape index (κ3) is 2.74. The summed E-state index contributed by atoms with van der Waals surface area (Å²) in [7, 11) is 0. The second-order valence-electron chi connectivity index (χ2n) is 8.39. The van der Waals surface area contributed by atoms with Crippen LogP contribution < -0.4 is 0 Å². The number of hydrogen-bond donors (Lipinski definition) is 0. The molecule has 2 aromatic rings. The third-order valence-corrected chi connectivity index (χ3v) is 6.75. The van der Waals surface area contributed by atoms with E-state index in [0.29, 0.717) is 12.5 Å². The van der Waals surface area contributed by atoms with Crippen LogP contribution in [0, 0.1) is 5.92 Å². The van der Waals surface area contributed by atoms with E-state index in [1.54, 1.807) is 6.20 Å². The quantitative estimate of drug-likeness (QED) is 0.764. The van der Waals surface area contributed by atoms with Gasteiger partial charge in [-0.2, -0.15) is 5.10 Å². The maximum absolute atomic E-state index is 13.2. The number of carbonyl (C=O) groups is 2. The summed E-state index contributed by atoms with van der Waals surface area (Å²) in [6.45, 7) is 2.61. The van der Waals surface area contributed by atoms with Crippen LogP contribution in [0.3, 0.4) is 0 Å². The zero-order valence-corrected chi connectivity index (χ0v) is 16.2. The summed E-state index contributed by atoms with van der Waals surface area (Å²) in [5.41, 5.74) is 2.07. The highest BCUT2D eigenvalue weighted by atomic mass is 16.2. The van der Waals surface area contributed by atoms with E-state index in [1.807, 2.05) is 40.9 Å². The number of aromatic nitrogens is 2. The molecular formula is C22H26N4O2. The summed E-state index contributed by atoms with van der Waals surface area (Å²) < 4.78 is 1.87. The lowest BCUT2D eigenvalue weighted by molar-refractivity contribution is -0.129. The number of fused-ring (bicyclic) bond motifs is 3. The molecule has 5 rings (SSSR count). The number of carbonyl (C=O) groups excluding carboxylic acids is 2. The molecule has 0 unspecified atom stereocenters. The highest BCUT2D eigenvalue weighted by molar-refractivity contribution is 6.05. The van der Waals surface area contributed by atoms with Crippen LogP contribution in [0.15, 0.2) is 42.7 Å². The first kappa shape index (κ1) is 17.5. The molecule has 4 atom stereocenters. The minimum Gasteiger partial charge on any atom is -0.309 e. The van der Waals surface area contributed by atoms with Crippen LogP contribution in [0.25, 0.3) is 0 Å². The molecule has 0 bridgehead atoms. The summed E-state index contributed by atoms with van der Waals surface area (Å²) in [4.78, 5) is 29.6. The van der Waals surface area contributed by atoms with E-state index in [2.05, 4.69) is 17.2 Å². The van der Waals surface area contributed by atoms with Crippen LogP contribution in [0.4, 0.5) is 4.79 Å². The molecule has 0 radical (unpaired) electrons. The van der Waals surface area contributed by atoms with E-state index in [1.165, 1.54) is 16.9 Å². The lowest BCUT2D eigenvalue weighted by Crippen LogP contribution is -2.41. The van der Waals surface area contributed by atoms with Crippen molar-refractivity contribution in [1.82, 2.24) is 19.6 Å². The van der Waals surface area contributed by atoms with Gasteiger partial charge in [-0.25, -0.2) is 4.79 Å². The molecule has 6 heteroatoms. The summed E-state index contributed by atoms with van der Waals surface area (Å²) >= 11 is 0. The number of hydrogen-bond acceptors (Lipinski definition) is 3. The molecule has 28 heavy (non-hydrogen) atoms. The van der Waals surface area contributed by atoms with Gasteiger partial charge in [0.15, 0.2) is 0 Å². The fourth-order valence-corrected chi connectivity index (χ4v) is 5.29. The standard InChI is InChI=1S/C22H26N4O2/c1-15(18-12-23-24(14-18)13-16-7-3-2-4-8-16)25-21(27)20-11-17-9-5-6-10-19(17)26(20)22(25)28/h2-4,7-8,12,14-15,17,19-20H,5-6,9-11,13H2,1H3/t15-,17+,19-,20+/m1/s1. The van der Waals surface area contributed by atoms with Gasteiger partial charge >= 0.3 is 6.03 Å². The van der Waals surface area contributed by atoms with E-state index >= 15 is 0 Å². The van der Waals surface area contributed by atoms with E-state index < -0.39 is 0 Å². The van der Waals surface area contributed by atoms with Crippen molar-refractivity contribution in [2.24, 2.45) is 5.92 Å². The van der Waals surface area contributed by atoms with Gasteiger partial charge in [-0.1, -0.05) is 43.2 Å². The zero-order chi connectivity index (χ0) is 19.3. The van der Waals surface area contributed by atoms with Gasteiger partial charge in [-0.15, -0.1) is 0 Å². The van der Waals surface area contributed by atoms with Crippen molar-refractivity contribution < 1.29 is 9.59 Å². The summed E-state index contributed by atoms with van der Waals surface area (Å²) in [5.74, 6) is 0.487. The Labute approximate surface area is 165 Å². The largest absolute Gasteiger partial charge is 0.328 e. The van der Waals surface area contributed by atoms with Crippen LogP contribution in [0.5, 0.6) is 0 Å². The Balaban J connectivity index is 1.34. The van der Waals surface area contributed by atoms with Gasteiger partial charge in [0.05, 0.1) is 18.8 Å². The Hall–Kier alpha value is -2.63. The average Bonchev–Trinajstić information content (AvgIpc) is 3.38. The number of urea groups is 1. The van der Waals surface area contributed by atoms with Gasteiger partial charge in [-0.05, 0) is 37.7 Å². The molecule has 1 aromatic heterocycles. The van der Waals surface area contributed by atoms with Gasteiger partial charge in [0, 0.05) is 17.8 Å². The van der Waals surface area contributed by atoms with Gasteiger partial charge < -0.3 is 4.90 Å². The van der Waals surface area contributed by atoms with Crippen LogP contribution in [0.1, 0.15) is 56.2 Å². The highest BCUT2D eigenvalue weighted by Crippen LogP contribution is 2.45. The lowest BCUT2D eigenvalue weighted by atomic mass is 9.84. The molecule has 1 aromatic carbocycles. The maximum Gasteiger partial charge on any atom is 0.328 e. The molecular weight excluding hydrogens is 352 g/mol. The van der Waals surface area contributed by atoms with Gasteiger partial charge in [0.25, 0.3) is 5.91 Å². The molecule has 3 fully saturated rings. The predicted molar refractivity (Wildman–Crippen MR) is 104 cm³/mol. The lowest BCUT2D eigenvalue weighted by Gasteiger charge is -2.31. The Morgan fingerprint density at radius 1 is 1.14 bits per heavy atom. The molecule has 1 aliphatic carbocycles. The van der Waals surface area contributed by atoms with Crippen molar-refractivity contribution in [3.8, 4) is 0 Å². The average molecular weight is 378 g/mol. The number of imide groups is 1. The Bertz CT molecular complexity index is 893. The van der Waals surface area contributed by atoms with E-state index in [4.69, 9.17) is 0 Å². The SMILES string of the molecule is C[C@H](c1cnn(Cc2ccccc2)c1)N1C(=O)[C@@H]2C[C@@H]3CCCC[C@H]3N2C1=O. The maximum atomic E-state index is 13.2. The van der Waals surface area contributed by atoms with Crippen molar-refractivity contribution in [2.75, 3.05) is 0 Å². The molecule has 6 nitrogen and oxygen atoms in total. The monoisotopic (exact) mass is 378 g/mol. The van der Waals surface area contributed by atoms with Crippen molar-refractivity contribution in [3.63, 3.8) is 0 Å². The van der Waals surface area contributed by atoms with Crippen molar-refractivity contribution in [2.45, 2.75) is 63.7 Å². The van der Waals surface area contributed by atoms with Crippen LogP contribution in [0.2, 0.25) is 0 Å². The van der Waals surface area contributed by atoms with Crippen molar-refractivity contribution >= 4 is 11.9 Å². The van der Waals surface area contributed by atoms with Crippen molar-refractivity contribution in [1.29, 1.82) is 0 Å². The van der Waals surface area contributed by atoms with Crippen LogP contribution in [-0.2, 0) is 11.3 Å². The number of amides is 3. The summed E-state index contributed by atoms with van der Waals surface area (Å²) in [6.07, 6.45) is 9.15. The van der Waals surface area contributed by atoms with Gasteiger partial charge in [-0.3, -0.25) is 14.4 Å². The minimum atomic E-state index is -0.294. The number of benzene rings is 1.